The molecule has 0 aliphatic heterocycles. The maximum atomic E-state index is 10.2. The van der Waals surface area contributed by atoms with Gasteiger partial charge in [-0.1, -0.05) is 18.2 Å². The van der Waals surface area contributed by atoms with Crippen molar-refractivity contribution in [3.8, 4) is 17.2 Å². The van der Waals surface area contributed by atoms with Crippen LogP contribution in [0.1, 0.15) is 24.1 Å². The fourth-order valence-electron chi connectivity index (χ4n) is 2.65. The number of phenolic OH excluding ortho intramolecular Hbond substituents is 1. The number of phenols is 1. The average molecular weight is 343 g/mol. The van der Waals surface area contributed by atoms with E-state index in [-0.39, 0.29) is 11.8 Å². The molecule has 2 aromatic rings. The molecule has 2 rings (SSSR count). The van der Waals surface area contributed by atoms with E-state index in [0.29, 0.717) is 24.5 Å². The largest absolute Gasteiger partial charge is 0.504 e. The van der Waals surface area contributed by atoms with Crippen LogP contribution in [0.25, 0.3) is 0 Å². The maximum Gasteiger partial charge on any atom is 0.166 e. The molecule has 134 valence electrons. The van der Waals surface area contributed by atoms with Gasteiger partial charge in [-0.2, -0.15) is 0 Å². The fourth-order valence-corrected chi connectivity index (χ4v) is 2.65. The van der Waals surface area contributed by atoms with E-state index in [1.54, 1.807) is 19.4 Å². The SMILES string of the molecule is CCOc1cccc(C=NC[C@H](c2cccc(OC)c2)[NH+](C)C)c1O. The van der Waals surface area contributed by atoms with Crippen LogP contribution in [0.4, 0.5) is 0 Å². The lowest BCUT2D eigenvalue weighted by Gasteiger charge is -2.20. The van der Waals surface area contributed by atoms with Crippen molar-refractivity contribution in [2.75, 3.05) is 34.4 Å². The van der Waals surface area contributed by atoms with E-state index in [1.807, 2.05) is 37.3 Å². The van der Waals surface area contributed by atoms with Crippen molar-refractivity contribution in [3.63, 3.8) is 0 Å². The van der Waals surface area contributed by atoms with Crippen molar-refractivity contribution in [3.05, 3.63) is 53.6 Å². The molecular formula is C20H27N2O3+. The number of hydrogen-bond donors (Lipinski definition) is 2. The molecule has 2 aromatic carbocycles. The second kappa shape index (κ2) is 9.08. The Morgan fingerprint density at radius 2 is 1.96 bits per heavy atom. The first-order valence-corrected chi connectivity index (χ1v) is 8.45. The van der Waals surface area contributed by atoms with Crippen molar-refractivity contribution >= 4 is 6.21 Å². The standard InChI is InChI=1S/C20H26N2O3/c1-5-25-19-11-7-9-16(20(19)23)13-21-14-18(22(2)3)15-8-6-10-17(12-15)24-4/h6-13,18,23H,5,14H2,1-4H3/p+1/t18-/m1/s1. The molecule has 0 unspecified atom stereocenters. The Morgan fingerprint density at radius 3 is 2.64 bits per heavy atom. The molecule has 0 amide bonds. The van der Waals surface area contributed by atoms with Gasteiger partial charge in [0.1, 0.15) is 11.8 Å². The van der Waals surface area contributed by atoms with Crippen molar-refractivity contribution in [2.24, 2.45) is 4.99 Å². The summed E-state index contributed by atoms with van der Waals surface area (Å²) in [5.74, 6) is 1.45. The number of ether oxygens (including phenoxy) is 2. The van der Waals surface area contributed by atoms with Crippen LogP contribution < -0.4 is 14.4 Å². The third-order valence-corrected chi connectivity index (χ3v) is 4.04. The predicted molar refractivity (Wildman–Crippen MR) is 100 cm³/mol. The van der Waals surface area contributed by atoms with Gasteiger partial charge in [-0.05, 0) is 31.2 Å². The first kappa shape index (κ1) is 18.8. The normalized spacial score (nSPS) is 12.5. The highest BCUT2D eigenvalue weighted by Gasteiger charge is 2.17. The number of hydrogen-bond acceptors (Lipinski definition) is 4. The van der Waals surface area contributed by atoms with Crippen LogP contribution in [0.5, 0.6) is 17.2 Å². The number of quaternary nitrogens is 1. The number of rotatable bonds is 8. The molecule has 0 heterocycles. The Hall–Kier alpha value is -2.53. The number of nitrogens with one attached hydrogen (secondary N) is 1. The Morgan fingerprint density at radius 1 is 1.20 bits per heavy atom. The molecule has 0 saturated carbocycles. The van der Waals surface area contributed by atoms with Gasteiger partial charge < -0.3 is 19.5 Å². The van der Waals surface area contributed by atoms with E-state index in [9.17, 15) is 5.11 Å². The number of methoxy groups -OCH3 is 1. The molecule has 5 heteroatoms. The lowest BCUT2D eigenvalue weighted by atomic mass is 10.1. The first-order valence-electron chi connectivity index (χ1n) is 8.45. The van der Waals surface area contributed by atoms with Crippen molar-refractivity contribution in [2.45, 2.75) is 13.0 Å². The second-order valence-electron chi connectivity index (χ2n) is 6.03. The molecule has 5 nitrogen and oxygen atoms in total. The number of aliphatic imine (C=N–C) groups is 1. The molecule has 0 bridgehead atoms. The summed E-state index contributed by atoms with van der Waals surface area (Å²) >= 11 is 0. The molecule has 0 aliphatic carbocycles. The van der Waals surface area contributed by atoms with E-state index < -0.39 is 0 Å². The second-order valence-corrected chi connectivity index (χ2v) is 6.03. The number of aromatic hydroxyl groups is 1. The lowest BCUT2D eigenvalue weighted by Crippen LogP contribution is -3.06. The zero-order valence-corrected chi connectivity index (χ0v) is 15.3. The van der Waals surface area contributed by atoms with Crippen molar-refractivity contribution < 1.29 is 19.5 Å². The van der Waals surface area contributed by atoms with Gasteiger partial charge in [0.05, 0.1) is 34.4 Å². The summed E-state index contributed by atoms with van der Waals surface area (Å²) in [7, 11) is 5.88. The van der Waals surface area contributed by atoms with Gasteiger partial charge in [0.2, 0.25) is 0 Å². The molecule has 0 saturated heterocycles. The van der Waals surface area contributed by atoms with Gasteiger partial charge >= 0.3 is 0 Å². The number of benzene rings is 2. The van der Waals surface area contributed by atoms with E-state index >= 15 is 0 Å². The fraction of sp³-hybridized carbons (Fsp3) is 0.350. The number of likely N-dealkylation sites (N-methyl/N-ethyl adjacent to an activating group) is 1. The number of nitrogens with zero attached hydrogens (tertiary/aromatic N) is 1. The highest BCUT2D eigenvalue weighted by atomic mass is 16.5. The molecule has 25 heavy (non-hydrogen) atoms. The van der Waals surface area contributed by atoms with Crippen LogP contribution in [0, 0.1) is 0 Å². The quantitative estimate of drug-likeness (QED) is 0.722. The molecule has 0 spiro atoms. The monoisotopic (exact) mass is 343 g/mol. The molecule has 0 aliphatic rings. The van der Waals surface area contributed by atoms with Crippen LogP contribution in [0.3, 0.4) is 0 Å². The summed E-state index contributed by atoms with van der Waals surface area (Å²) in [5, 5.41) is 10.2. The Balaban J connectivity index is 2.16. The molecule has 2 N–H and O–H groups in total. The third kappa shape index (κ3) is 4.97. The van der Waals surface area contributed by atoms with E-state index in [0.717, 1.165) is 5.75 Å². The van der Waals surface area contributed by atoms with E-state index in [1.165, 1.54) is 10.5 Å². The molecule has 1 atom stereocenters. The van der Waals surface area contributed by atoms with Crippen molar-refractivity contribution in [1.82, 2.24) is 0 Å². The summed E-state index contributed by atoms with van der Waals surface area (Å²) in [4.78, 5) is 5.83. The summed E-state index contributed by atoms with van der Waals surface area (Å²) in [5.41, 5.74) is 1.83. The smallest absolute Gasteiger partial charge is 0.166 e. The minimum atomic E-state index is 0.128. The lowest BCUT2D eigenvalue weighted by molar-refractivity contribution is -0.890. The summed E-state index contributed by atoms with van der Waals surface area (Å²) < 4.78 is 10.7. The highest BCUT2D eigenvalue weighted by molar-refractivity contribution is 5.84. The van der Waals surface area contributed by atoms with Gasteiger partial charge in [0, 0.05) is 17.3 Å². The molecule has 0 aromatic heterocycles. The minimum Gasteiger partial charge on any atom is -0.504 e. The third-order valence-electron chi connectivity index (χ3n) is 4.04. The van der Waals surface area contributed by atoms with Gasteiger partial charge in [0.15, 0.2) is 11.5 Å². The van der Waals surface area contributed by atoms with Gasteiger partial charge in [-0.15, -0.1) is 0 Å². The van der Waals surface area contributed by atoms with Crippen LogP contribution in [0.15, 0.2) is 47.5 Å². The average Bonchev–Trinajstić information content (AvgIpc) is 2.61. The van der Waals surface area contributed by atoms with Crippen LogP contribution in [-0.2, 0) is 0 Å². The van der Waals surface area contributed by atoms with E-state index in [4.69, 9.17) is 9.47 Å². The molecule has 0 fully saturated rings. The Kier molecular flexibility index (Phi) is 6.83. The predicted octanol–water partition coefficient (Wildman–Crippen LogP) is 2.10. The molecule has 0 radical (unpaired) electrons. The zero-order chi connectivity index (χ0) is 18.2. The minimum absolute atomic E-state index is 0.128. The topological polar surface area (TPSA) is 55.5 Å². The highest BCUT2D eigenvalue weighted by Crippen LogP contribution is 2.28. The first-order chi connectivity index (χ1) is 12.1. The van der Waals surface area contributed by atoms with Gasteiger partial charge in [-0.3, -0.25) is 4.99 Å². The number of para-hydroxylation sites is 1. The van der Waals surface area contributed by atoms with Gasteiger partial charge in [-0.25, -0.2) is 0 Å². The van der Waals surface area contributed by atoms with Crippen LogP contribution in [0.2, 0.25) is 0 Å². The maximum absolute atomic E-state index is 10.2. The summed E-state index contributed by atoms with van der Waals surface area (Å²) in [6.07, 6.45) is 1.70. The Labute approximate surface area is 149 Å². The van der Waals surface area contributed by atoms with Crippen molar-refractivity contribution in [1.29, 1.82) is 0 Å². The Bertz CT molecular complexity index is 714. The van der Waals surface area contributed by atoms with Gasteiger partial charge in [0.25, 0.3) is 0 Å². The zero-order valence-electron chi connectivity index (χ0n) is 15.3. The van der Waals surface area contributed by atoms with E-state index in [2.05, 4.69) is 25.2 Å². The summed E-state index contributed by atoms with van der Waals surface area (Å²) in [6, 6.07) is 13.7. The molecular weight excluding hydrogens is 316 g/mol. The van der Waals surface area contributed by atoms with Crippen LogP contribution in [-0.4, -0.2) is 45.7 Å². The summed E-state index contributed by atoms with van der Waals surface area (Å²) in [6.45, 7) is 3.00. The van der Waals surface area contributed by atoms with Crippen LogP contribution >= 0.6 is 0 Å².